The van der Waals surface area contributed by atoms with Crippen molar-refractivity contribution in [1.29, 1.82) is 0 Å². The van der Waals surface area contributed by atoms with Crippen LogP contribution in [-0.4, -0.2) is 5.11 Å². The molecular weight excluding hydrogens is 301 g/mol. The Balaban J connectivity index is 2.21. The third-order valence-corrected chi connectivity index (χ3v) is 3.51. The van der Waals surface area contributed by atoms with Gasteiger partial charge in [0.25, 0.3) is 0 Å². The van der Waals surface area contributed by atoms with Crippen LogP contribution in [0.1, 0.15) is 28.4 Å². The highest BCUT2D eigenvalue weighted by atomic mass is 35.5. The first-order valence-electron chi connectivity index (χ1n) is 6.37. The Morgan fingerprint density at radius 1 is 1.14 bits per heavy atom. The number of alkyl halides is 3. The highest BCUT2D eigenvalue weighted by Crippen LogP contribution is 2.31. The summed E-state index contributed by atoms with van der Waals surface area (Å²) in [5.41, 5.74) is 1.20. The molecule has 0 fully saturated rings. The molecule has 1 atom stereocenters. The SMILES string of the molecule is Cc1cc(Cl)ccc1C(O)Cc1cccc(C(F)(F)F)c1. The van der Waals surface area contributed by atoms with Crippen molar-refractivity contribution in [3.05, 3.63) is 69.7 Å². The van der Waals surface area contributed by atoms with E-state index in [0.29, 0.717) is 16.1 Å². The van der Waals surface area contributed by atoms with E-state index in [0.717, 1.165) is 17.7 Å². The highest BCUT2D eigenvalue weighted by molar-refractivity contribution is 6.30. The average Bonchev–Trinajstić information content (AvgIpc) is 2.37. The molecule has 0 aromatic heterocycles. The first kappa shape index (κ1) is 15.9. The zero-order chi connectivity index (χ0) is 15.6. The Hall–Kier alpha value is -1.52. The van der Waals surface area contributed by atoms with E-state index < -0.39 is 17.8 Å². The van der Waals surface area contributed by atoms with Gasteiger partial charge in [-0.3, -0.25) is 0 Å². The minimum absolute atomic E-state index is 0.117. The maximum absolute atomic E-state index is 12.7. The summed E-state index contributed by atoms with van der Waals surface area (Å²) in [7, 11) is 0. The van der Waals surface area contributed by atoms with Crippen LogP contribution in [0.3, 0.4) is 0 Å². The predicted molar refractivity (Wildman–Crippen MR) is 76.3 cm³/mol. The summed E-state index contributed by atoms with van der Waals surface area (Å²) in [6.07, 6.45) is -5.13. The molecule has 0 radical (unpaired) electrons. The Morgan fingerprint density at radius 3 is 2.48 bits per heavy atom. The molecule has 0 heterocycles. The molecule has 1 N–H and O–H groups in total. The Morgan fingerprint density at radius 2 is 1.86 bits per heavy atom. The van der Waals surface area contributed by atoms with Gasteiger partial charge in [-0.2, -0.15) is 13.2 Å². The van der Waals surface area contributed by atoms with Gasteiger partial charge in [-0.25, -0.2) is 0 Å². The van der Waals surface area contributed by atoms with Gasteiger partial charge in [0.2, 0.25) is 0 Å². The van der Waals surface area contributed by atoms with E-state index in [-0.39, 0.29) is 6.42 Å². The summed E-state index contributed by atoms with van der Waals surface area (Å²) in [5.74, 6) is 0. The number of aliphatic hydroxyl groups excluding tert-OH is 1. The van der Waals surface area contributed by atoms with Crippen LogP contribution in [0, 0.1) is 6.92 Å². The smallest absolute Gasteiger partial charge is 0.388 e. The minimum Gasteiger partial charge on any atom is -0.388 e. The molecule has 0 amide bonds. The number of aliphatic hydroxyl groups is 1. The minimum atomic E-state index is -4.38. The summed E-state index contributed by atoms with van der Waals surface area (Å²) < 4.78 is 38.0. The molecule has 21 heavy (non-hydrogen) atoms. The number of rotatable bonds is 3. The summed E-state index contributed by atoms with van der Waals surface area (Å²) in [5, 5.41) is 10.8. The van der Waals surface area contributed by atoms with Gasteiger partial charge >= 0.3 is 6.18 Å². The van der Waals surface area contributed by atoms with Gasteiger partial charge in [0, 0.05) is 11.4 Å². The zero-order valence-corrected chi connectivity index (χ0v) is 12.0. The van der Waals surface area contributed by atoms with E-state index in [1.165, 1.54) is 6.07 Å². The van der Waals surface area contributed by atoms with E-state index in [4.69, 9.17) is 11.6 Å². The van der Waals surface area contributed by atoms with Crippen molar-refractivity contribution in [2.45, 2.75) is 25.6 Å². The fraction of sp³-hybridized carbons (Fsp3) is 0.250. The van der Waals surface area contributed by atoms with Crippen LogP contribution >= 0.6 is 11.6 Å². The molecule has 0 saturated carbocycles. The molecule has 0 aliphatic rings. The van der Waals surface area contributed by atoms with Crippen molar-refractivity contribution >= 4 is 11.6 Å². The van der Waals surface area contributed by atoms with E-state index in [2.05, 4.69) is 0 Å². The number of hydrogen-bond acceptors (Lipinski definition) is 1. The normalized spacial score (nSPS) is 13.2. The predicted octanol–water partition coefficient (Wildman–Crippen LogP) is 4.94. The van der Waals surface area contributed by atoms with Gasteiger partial charge in [0.15, 0.2) is 0 Å². The van der Waals surface area contributed by atoms with Gasteiger partial charge in [-0.1, -0.05) is 35.9 Å². The van der Waals surface area contributed by atoms with Crippen molar-refractivity contribution in [3.63, 3.8) is 0 Å². The van der Waals surface area contributed by atoms with Crippen molar-refractivity contribution in [2.24, 2.45) is 0 Å². The molecule has 5 heteroatoms. The first-order chi connectivity index (χ1) is 9.77. The fourth-order valence-corrected chi connectivity index (χ4v) is 2.45. The molecular formula is C16H14ClF3O. The van der Waals surface area contributed by atoms with Crippen LogP contribution in [0.2, 0.25) is 5.02 Å². The highest BCUT2D eigenvalue weighted by Gasteiger charge is 2.30. The number of hydrogen-bond donors (Lipinski definition) is 1. The van der Waals surface area contributed by atoms with Crippen LogP contribution in [-0.2, 0) is 12.6 Å². The number of halogens is 4. The van der Waals surface area contributed by atoms with Gasteiger partial charge in [0.05, 0.1) is 11.7 Å². The lowest BCUT2D eigenvalue weighted by molar-refractivity contribution is -0.137. The second kappa shape index (κ2) is 6.08. The largest absolute Gasteiger partial charge is 0.416 e. The van der Waals surface area contributed by atoms with Gasteiger partial charge in [-0.15, -0.1) is 0 Å². The van der Waals surface area contributed by atoms with Gasteiger partial charge in [0.1, 0.15) is 0 Å². The lowest BCUT2D eigenvalue weighted by atomic mass is 9.97. The molecule has 0 spiro atoms. The topological polar surface area (TPSA) is 20.2 Å². The Kier molecular flexibility index (Phi) is 4.59. The third-order valence-electron chi connectivity index (χ3n) is 3.27. The maximum Gasteiger partial charge on any atom is 0.416 e. The quantitative estimate of drug-likeness (QED) is 0.850. The lowest BCUT2D eigenvalue weighted by Gasteiger charge is -2.15. The monoisotopic (exact) mass is 314 g/mol. The molecule has 0 aliphatic carbocycles. The zero-order valence-electron chi connectivity index (χ0n) is 11.3. The van der Waals surface area contributed by atoms with E-state index in [9.17, 15) is 18.3 Å². The third kappa shape index (κ3) is 3.99. The molecule has 0 aliphatic heterocycles. The second-order valence-electron chi connectivity index (χ2n) is 4.92. The Labute approximate surface area is 126 Å². The summed E-state index contributed by atoms with van der Waals surface area (Å²) in [6, 6.07) is 10.1. The molecule has 112 valence electrons. The summed E-state index contributed by atoms with van der Waals surface area (Å²) in [6.45, 7) is 1.80. The van der Waals surface area contributed by atoms with E-state index in [1.54, 1.807) is 31.2 Å². The number of aryl methyl sites for hydroxylation is 1. The van der Waals surface area contributed by atoms with Crippen LogP contribution in [0.15, 0.2) is 42.5 Å². The van der Waals surface area contributed by atoms with Crippen LogP contribution < -0.4 is 0 Å². The van der Waals surface area contributed by atoms with Gasteiger partial charge in [-0.05, 0) is 41.8 Å². The molecule has 0 saturated heterocycles. The van der Waals surface area contributed by atoms with Crippen molar-refractivity contribution < 1.29 is 18.3 Å². The Bertz CT molecular complexity index is 638. The molecule has 2 aromatic rings. The fourth-order valence-electron chi connectivity index (χ4n) is 2.22. The molecule has 2 rings (SSSR count). The summed E-state index contributed by atoms with van der Waals surface area (Å²) in [4.78, 5) is 0. The van der Waals surface area contributed by atoms with Crippen LogP contribution in [0.5, 0.6) is 0 Å². The number of benzene rings is 2. The van der Waals surface area contributed by atoms with Crippen molar-refractivity contribution in [1.82, 2.24) is 0 Å². The molecule has 1 nitrogen and oxygen atoms in total. The van der Waals surface area contributed by atoms with Crippen molar-refractivity contribution in [2.75, 3.05) is 0 Å². The van der Waals surface area contributed by atoms with Gasteiger partial charge < -0.3 is 5.11 Å². The lowest BCUT2D eigenvalue weighted by Crippen LogP contribution is -2.08. The summed E-state index contributed by atoms with van der Waals surface area (Å²) >= 11 is 5.85. The van der Waals surface area contributed by atoms with Crippen molar-refractivity contribution in [3.8, 4) is 0 Å². The first-order valence-corrected chi connectivity index (χ1v) is 6.75. The van der Waals surface area contributed by atoms with E-state index in [1.807, 2.05) is 0 Å². The maximum atomic E-state index is 12.7. The average molecular weight is 315 g/mol. The molecule has 1 unspecified atom stereocenters. The second-order valence-corrected chi connectivity index (χ2v) is 5.36. The molecule has 0 bridgehead atoms. The van der Waals surface area contributed by atoms with Crippen LogP contribution in [0.25, 0.3) is 0 Å². The van der Waals surface area contributed by atoms with Crippen LogP contribution in [0.4, 0.5) is 13.2 Å². The molecule has 2 aromatic carbocycles. The van der Waals surface area contributed by atoms with E-state index >= 15 is 0 Å². The standard InChI is InChI=1S/C16H14ClF3O/c1-10-7-13(17)5-6-14(10)15(21)9-11-3-2-4-12(8-11)16(18,19)20/h2-8,15,21H,9H2,1H3.